The van der Waals surface area contributed by atoms with Gasteiger partial charge in [0.1, 0.15) is 12.1 Å². The molecule has 0 aliphatic carbocycles. The van der Waals surface area contributed by atoms with Crippen molar-refractivity contribution in [2.45, 2.75) is 81.4 Å². The van der Waals surface area contributed by atoms with Crippen molar-refractivity contribution in [3.63, 3.8) is 0 Å². The second-order valence-electron chi connectivity index (χ2n) is 15.3. The molecule has 272 valence electrons. The van der Waals surface area contributed by atoms with Crippen LogP contribution in [0.4, 0.5) is 0 Å². The maximum Gasteiger partial charge on any atom is 0.246 e. The van der Waals surface area contributed by atoms with E-state index in [2.05, 4.69) is 41.7 Å². The molecule has 0 radical (unpaired) electrons. The Labute approximate surface area is 309 Å². The average Bonchev–Trinajstić information content (AvgIpc) is 3.82. The summed E-state index contributed by atoms with van der Waals surface area (Å²) in [6.07, 6.45) is 7.11. The number of piperidine rings is 2. The van der Waals surface area contributed by atoms with E-state index in [1.165, 1.54) is 49.8 Å². The van der Waals surface area contributed by atoms with E-state index in [4.69, 9.17) is 0 Å². The summed E-state index contributed by atoms with van der Waals surface area (Å²) in [5.41, 5.74) is 2.13. The van der Waals surface area contributed by atoms with Crippen LogP contribution in [0, 0.1) is 5.92 Å². The molecule has 4 aliphatic heterocycles. The van der Waals surface area contributed by atoms with Crippen LogP contribution < -0.4 is 17.7 Å². The first-order valence-corrected chi connectivity index (χ1v) is 19.0. The van der Waals surface area contributed by atoms with E-state index in [9.17, 15) is 19.5 Å². The number of carbonyl (C=O) groups excluding carboxylic acids is 3. The van der Waals surface area contributed by atoms with E-state index in [-0.39, 0.29) is 49.5 Å². The molecule has 4 heterocycles. The largest absolute Gasteiger partial charge is 1.00 e. The third-order valence-electron chi connectivity index (χ3n) is 12.2. The van der Waals surface area contributed by atoms with Crippen LogP contribution in [0.3, 0.4) is 0 Å². The van der Waals surface area contributed by atoms with Gasteiger partial charge in [0.15, 0.2) is 0 Å². The SMILES string of the molecule is O=C(NC[C@H]1CCC[N+]2(CCCCC2)C1)[C@H]1CCCN1C(=O)[C@@H]1C[C@@H](O)CN1C(=O)CC(c1ccccc1)(c1ccccc1)c1ccccc1.[Cl-]. The van der Waals surface area contributed by atoms with E-state index in [1.807, 2.05) is 54.6 Å². The minimum absolute atomic E-state index is 0. The van der Waals surface area contributed by atoms with Crippen LogP contribution in [0.15, 0.2) is 91.0 Å². The highest BCUT2D eigenvalue weighted by Crippen LogP contribution is 2.43. The van der Waals surface area contributed by atoms with Gasteiger partial charge in [-0.05, 0) is 61.6 Å². The Morgan fingerprint density at radius 1 is 0.725 bits per heavy atom. The number of carbonyl (C=O) groups is 3. The fraction of sp³-hybridized carbons (Fsp3) is 0.500. The first-order valence-electron chi connectivity index (χ1n) is 19.0. The number of nitrogens with one attached hydrogen (secondary N) is 1. The number of hydrogen-bond acceptors (Lipinski definition) is 4. The number of aliphatic hydroxyl groups is 1. The summed E-state index contributed by atoms with van der Waals surface area (Å²) in [7, 11) is 0. The van der Waals surface area contributed by atoms with E-state index >= 15 is 0 Å². The molecule has 51 heavy (non-hydrogen) atoms. The lowest BCUT2D eigenvalue weighted by molar-refractivity contribution is -0.939. The number of amides is 3. The summed E-state index contributed by atoms with van der Waals surface area (Å²) in [5, 5.41) is 14.2. The Kier molecular flexibility index (Phi) is 11.8. The number of halogens is 1. The zero-order valence-corrected chi connectivity index (χ0v) is 30.4. The Morgan fingerprint density at radius 3 is 1.88 bits per heavy atom. The molecule has 3 amide bonds. The number of nitrogens with zero attached hydrogens (tertiary/aromatic N) is 3. The van der Waals surface area contributed by atoms with E-state index in [1.54, 1.807) is 9.80 Å². The van der Waals surface area contributed by atoms with Crippen LogP contribution in [0.25, 0.3) is 0 Å². The molecule has 4 aliphatic rings. The zero-order chi connectivity index (χ0) is 34.6. The molecule has 3 aromatic rings. The molecule has 0 unspecified atom stereocenters. The van der Waals surface area contributed by atoms with Gasteiger partial charge in [0.05, 0.1) is 37.7 Å². The Bertz CT molecular complexity index is 1520. The summed E-state index contributed by atoms with van der Waals surface area (Å²) in [4.78, 5) is 46.0. The lowest BCUT2D eigenvalue weighted by atomic mass is 9.67. The molecule has 9 heteroatoms. The molecular formula is C42H53ClN4O4. The minimum atomic E-state index is -0.813. The smallest absolute Gasteiger partial charge is 0.246 e. The highest BCUT2D eigenvalue weighted by atomic mass is 35.5. The Hall–Kier alpha value is -3.72. The molecule has 4 saturated heterocycles. The number of β-amino-alcohol motifs (C(OH)–C–C–N with tert-alkyl or cyclic N) is 1. The lowest BCUT2D eigenvalue weighted by Crippen LogP contribution is -3.00. The zero-order valence-electron chi connectivity index (χ0n) is 29.7. The second kappa shape index (κ2) is 16.3. The summed E-state index contributed by atoms with van der Waals surface area (Å²) < 4.78 is 1.21. The van der Waals surface area contributed by atoms with Gasteiger partial charge in [-0.25, -0.2) is 0 Å². The highest BCUT2D eigenvalue weighted by Gasteiger charge is 2.47. The summed E-state index contributed by atoms with van der Waals surface area (Å²) >= 11 is 0. The summed E-state index contributed by atoms with van der Waals surface area (Å²) in [5.74, 6) is -0.0376. The van der Waals surface area contributed by atoms with Crippen LogP contribution in [-0.4, -0.2) is 101 Å². The van der Waals surface area contributed by atoms with Gasteiger partial charge in [-0.3, -0.25) is 14.4 Å². The van der Waals surface area contributed by atoms with Gasteiger partial charge in [0.2, 0.25) is 17.7 Å². The van der Waals surface area contributed by atoms with Gasteiger partial charge >= 0.3 is 0 Å². The summed E-state index contributed by atoms with van der Waals surface area (Å²) in [6.45, 7) is 6.17. The summed E-state index contributed by atoms with van der Waals surface area (Å²) in [6, 6.07) is 28.9. The van der Waals surface area contributed by atoms with Crippen molar-refractivity contribution in [3.8, 4) is 0 Å². The number of hydrogen-bond donors (Lipinski definition) is 2. The standard InChI is InChI=1S/C42H52N4O4.ClH/c47-36-27-38(41(50)44-23-13-22-37(44)40(49)43-29-32-15-14-26-46(31-32)24-11-4-12-25-46)45(30-36)39(48)28-42(33-16-5-1-6-17-33,34-18-7-2-8-19-34)35-20-9-3-10-21-35;/h1-3,5-10,16-21,32,36-38,47H,4,11-15,22-31H2;1H/t32-,36-,37-,38+;/m1./s1. The first-order chi connectivity index (χ1) is 24.4. The van der Waals surface area contributed by atoms with E-state index in [0.29, 0.717) is 25.4 Å². The van der Waals surface area contributed by atoms with Gasteiger partial charge < -0.3 is 37.1 Å². The maximum absolute atomic E-state index is 14.6. The topological polar surface area (TPSA) is 89.9 Å². The second-order valence-corrected chi connectivity index (χ2v) is 15.3. The highest BCUT2D eigenvalue weighted by molar-refractivity contribution is 5.93. The van der Waals surface area contributed by atoms with Crippen molar-refractivity contribution in [3.05, 3.63) is 108 Å². The monoisotopic (exact) mass is 712 g/mol. The van der Waals surface area contributed by atoms with E-state index in [0.717, 1.165) is 36.1 Å². The normalized spacial score (nSPS) is 24.6. The third kappa shape index (κ3) is 7.74. The quantitative estimate of drug-likeness (QED) is 0.262. The van der Waals surface area contributed by atoms with Crippen LogP contribution in [0.5, 0.6) is 0 Å². The van der Waals surface area contributed by atoms with Gasteiger partial charge in [-0.1, -0.05) is 91.0 Å². The van der Waals surface area contributed by atoms with Crippen LogP contribution in [0.1, 0.15) is 74.5 Å². The number of benzene rings is 3. The maximum atomic E-state index is 14.6. The molecule has 0 bridgehead atoms. The number of quaternary nitrogens is 1. The predicted molar refractivity (Wildman–Crippen MR) is 194 cm³/mol. The molecule has 0 saturated carbocycles. The Morgan fingerprint density at radius 2 is 1.29 bits per heavy atom. The minimum Gasteiger partial charge on any atom is -1.00 e. The molecule has 4 atom stereocenters. The molecule has 3 aromatic carbocycles. The van der Waals surface area contributed by atoms with Gasteiger partial charge in [0, 0.05) is 38.4 Å². The first kappa shape index (κ1) is 37.1. The van der Waals surface area contributed by atoms with Crippen molar-refractivity contribution >= 4 is 17.7 Å². The number of aliphatic hydroxyl groups excluding tert-OH is 1. The van der Waals surface area contributed by atoms with Crippen LogP contribution in [-0.2, 0) is 19.8 Å². The van der Waals surface area contributed by atoms with Crippen molar-refractivity contribution in [2.75, 3.05) is 45.8 Å². The van der Waals surface area contributed by atoms with Gasteiger partial charge in [-0.2, -0.15) is 0 Å². The van der Waals surface area contributed by atoms with Crippen LogP contribution in [0.2, 0.25) is 0 Å². The van der Waals surface area contributed by atoms with Crippen molar-refractivity contribution < 1.29 is 36.4 Å². The van der Waals surface area contributed by atoms with Crippen LogP contribution >= 0.6 is 0 Å². The van der Waals surface area contributed by atoms with Crippen molar-refractivity contribution in [1.82, 2.24) is 15.1 Å². The fourth-order valence-electron chi connectivity index (χ4n) is 9.68. The molecule has 8 nitrogen and oxygen atoms in total. The van der Waals surface area contributed by atoms with Crippen molar-refractivity contribution in [2.24, 2.45) is 5.92 Å². The van der Waals surface area contributed by atoms with E-state index < -0.39 is 23.6 Å². The lowest BCUT2D eigenvalue weighted by Gasteiger charge is -2.46. The molecule has 4 fully saturated rings. The Balaban J connectivity index is 0.00000448. The predicted octanol–water partition coefficient (Wildman–Crippen LogP) is 1.89. The number of likely N-dealkylation sites (tertiary alicyclic amines) is 2. The number of rotatable bonds is 9. The molecular weight excluding hydrogens is 660 g/mol. The fourth-order valence-corrected chi connectivity index (χ4v) is 9.68. The molecule has 1 spiro atoms. The average molecular weight is 713 g/mol. The molecule has 7 rings (SSSR count). The van der Waals surface area contributed by atoms with Gasteiger partial charge in [-0.15, -0.1) is 0 Å². The van der Waals surface area contributed by atoms with Crippen molar-refractivity contribution in [1.29, 1.82) is 0 Å². The molecule has 2 N–H and O–H groups in total. The molecule has 0 aromatic heterocycles. The third-order valence-corrected chi connectivity index (χ3v) is 12.2. The van der Waals surface area contributed by atoms with Gasteiger partial charge in [0.25, 0.3) is 0 Å².